The van der Waals surface area contributed by atoms with E-state index in [0.29, 0.717) is 11.6 Å². The van der Waals surface area contributed by atoms with Crippen molar-refractivity contribution in [1.82, 2.24) is 10.2 Å². The van der Waals surface area contributed by atoms with Crippen LogP contribution in [0.25, 0.3) is 0 Å². The number of ether oxygens (including phenoxy) is 1. The fraction of sp³-hybridized carbons (Fsp3) is 0.692. The predicted molar refractivity (Wildman–Crippen MR) is 78.0 cm³/mol. The summed E-state index contributed by atoms with van der Waals surface area (Å²) in [4.78, 5) is 11.8. The van der Waals surface area contributed by atoms with E-state index in [9.17, 15) is 13.2 Å². The van der Waals surface area contributed by atoms with Crippen LogP contribution in [-0.2, 0) is 13.8 Å². The van der Waals surface area contributed by atoms with E-state index in [1.807, 2.05) is 0 Å². The molecule has 0 aromatic carbocycles. The van der Waals surface area contributed by atoms with Gasteiger partial charge in [-0.2, -0.15) is 5.10 Å². The van der Waals surface area contributed by atoms with Crippen molar-refractivity contribution in [1.29, 1.82) is 0 Å². The minimum atomic E-state index is -4.04. The van der Waals surface area contributed by atoms with Gasteiger partial charge in [-0.05, 0) is 31.6 Å². The van der Waals surface area contributed by atoms with Gasteiger partial charge < -0.3 is 4.74 Å². The molecular formula is C13H19ClN2O4S. The summed E-state index contributed by atoms with van der Waals surface area (Å²) in [6.45, 7) is 4.40. The van der Waals surface area contributed by atoms with Gasteiger partial charge in [-0.3, -0.25) is 5.10 Å². The highest BCUT2D eigenvalue weighted by atomic mass is 35.7. The summed E-state index contributed by atoms with van der Waals surface area (Å²) >= 11 is 0. The van der Waals surface area contributed by atoms with Crippen molar-refractivity contribution in [2.75, 3.05) is 6.61 Å². The van der Waals surface area contributed by atoms with E-state index in [4.69, 9.17) is 15.4 Å². The number of aromatic amines is 1. The van der Waals surface area contributed by atoms with Gasteiger partial charge in [0.25, 0.3) is 9.05 Å². The van der Waals surface area contributed by atoms with Gasteiger partial charge in [-0.1, -0.05) is 13.8 Å². The zero-order valence-electron chi connectivity index (χ0n) is 12.1. The number of nitrogens with one attached hydrogen (secondary N) is 1. The van der Waals surface area contributed by atoms with E-state index in [1.165, 1.54) is 0 Å². The first kappa shape index (κ1) is 16.3. The second kappa shape index (κ2) is 6.36. The van der Waals surface area contributed by atoms with Crippen molar-refractivity contribution in [2.24, 2.45) is 5.92 Å². The number of H-pyrrole nitrogens is 1. The Balaban J connectivity index is 2.10. The SMILES string of the molecule is CC(C)CCCOC(=O)c1n[nH]c(C2CC2)c1S(=O)(=O)Cl. The molecule has 118 valence electrons. The lowest BCUT2D eigenvalue weighted by atomic mass is 10.1. The summed E-state index contributed by atoms with van der Waals surface area (Å²) in [6.07, 6.45) is 3.39. The highest BCUT2D eigenvalue weighted by molar-refractivity contribution is 8.13. The number of aromatic nitrogens is 2. The van der Waals surface area contributed by atoms with Gasteiger partial charge in [0.05, 0.1) is 12.3 Å². The zero-order chi connectivity index (χ0) is 15.6. The third-order valence-electron chi connectivity index (χ3n) is 3.33. The summed E-state index contributed by atoms with van der Waals surface area (Å²) in [5, 5.41) is 6.41. The molecule has 1 fully saturated rings. The molecule has 1 heterocycles. The molecule has 0 unspecified atom stereocenters. The zero-order valence-corrected chi connectivity index (χ0v) is 13.6. The lowest BCUT2D eigenvalue weighted by Gasteiger charge is -2.06. The molecule has 0 saturated heterocycles. The highest BCUT2D eigenvalue weighted by Gasteiger charge is 2.36. The van der Waals surface area contributed by atoms with E-state index in [2.05, 4.69) is 24.0 Å². The van der Waals surface area contributed by atoms with Crippen molar-refractivity contribution >= 4 is 25.7 Å². The van der Waals surface area contributed by atoms with E-state index in [1.54, 1.807) is 0 Å². The van der Waals surface area contributed by atoms with Crippen LogP contribution in [0.4, 0.5) is 0 Å². The monoisotopic (exact) mass is 334 g/mol. The average Bonchev–Trinajstić information content (AvgIpc) is 3.11. The van der Waals surface area contributed by atoms with Gasteiger partial charge in [0.15, 0.2) is 5.69 Å². The number of rotatable bonds is 7. The Morgan fingerprint density at radius 2 is 2.14 bits per heavy atom. The fourth-order valence-corrected chi connectivity index (χ4v) is 3.41. The van der Waals surface area contributed by atoms with Crippen LogP contribution < -0.4 is 0 Å². The summed E-state index contributed by atoms with van der Waals surface area (Å²) in [6, 6.07) is 0. The Morgan fingerprint density at radius 1 is 1.48 bits per heavy atom. The number of halogens is 1. The Morgan fingerprint density at radius 3 is 2.67 bits per heavy atom. The van der Waals surface area contributed by atoms with Crippen molar-refractivity contribution in [3.8, 4) is 0 Å². The summed E-state index contributed by atoms with van der Waals surface area (Å²) in [5.41, 5.74) is 0.176. The Labute approximate surface area is 128 Å². The molecule has 21 heavy (non-hydrogen) atoms. The lowest BCUT2D eigenvalue weighted by molar-refractivity contribution is 0.0483. The third kappa shape index (κ3) is 4.20. The third-order valence-corrected chi connectivity index (χ3v) is 4.69. The van der Waals surface area contributed by atoms with Crippen molar-refractivity contribution < 1.29 is 17.9 Å². The van der Waals surface area contributed by atoms with Crippen molar-refractivity contribution in [3.63, 3.8) is 0 Å². The summed E-state index contributed by atoms with van der Waals surface area (Å²) < 4.78 is 28.5. The molecule has 0 spiro atoms. The quantitative estimate of drug-likeness (QED) is 0.470. The van der Waals surface area contributed by atoms with Gasteiger partial charge in [0.1, 0.15) is 4.90 Å². The van der Waals surface area contributed by atoms with Crippen LogP contribution in [0.2, 0.25) is 0 Å². The van der Waals surface area contributed by atoms with E-state index >= 15 is 0 Å². The average molecular weight is 335 g/mol. The maximum Gasteiger partial charge on any atom is 0.360 e. The number of carbonyl (C=O) groups excluding carboxylic acids is 1. The molecule has 8 heteroatoms. The molecule has 1 aliphatic carbocycles. The normalized spacial score (nSPS) is 15.4. The molecule has 0 atom stereocenters. The van der Waals surface area contributed by atoms with E-state index < -0.39 is 15.0 Å². The number of hydrogen-bond donors (Lipinski definition) is 1. The molecule has 1 saturated carbocycles. The van der Waals surface area contributed by atoms with Gasteiger partial charge in [-0.15, -0.1) is 0 Å². The van der Waals surface area contributed by atoms with Crippen LogP contribution in [0.5, 0.6) is 0 Å². The maximum atomic E-state index is 12.0. The molecule has 1 aromatic rings. The molecule has 0 radical (unpaired) electrons. The number of hydrogen-bond acceptors (Lipinski definition) is 5. The fourth-order valence-electron chi connectivity index (χ4n) is 2.10. The minimum Gasteiger partial charge on any atom is -0.461 e. The Hall–Kier alpha value is -1.08. The van der Waals surface area contributed by atoms with Crippen LogP contribution in [0.1, 0.15) is 61.6 Å². The van der Waals surface area contributed by atoms with Crippen molar-refractivity contribution in [2.45, 2.75) is 50.3 Å². The smallest absolute Gasteiger partial charge is 0.360 e. The standard InChI is InChI=1S/C13H19ClN2O4S/c1-8(2)4-3-7-20-13(17)11-12(21(14,18)19)10(15-16-11)9-5-6-9/h8-9H,3-7H2,1-2H3,(H,15,16). The molecule has 1 aromatic heterocycles. The molecule has 6 nitrogen and oxygen atoms in total. The van der Waals surface area contributed by atoms with E-state index in [-0.39, 0.29) is 23.1 Å². The second-order valence-electron chi connectivity index (χ2n) is 5.70. The highest BCUT2D eigenvalue weighted by Crippen LogP contribution is 2.43. The summed E-state index contributed by atoms with van der Waals surface area (Å²) in [5.74, 6) is -0.140. The first-order chi connectivity index (χ1) is 9.80. The van der Waals surface area contributed by atoms with Gasteiger partial charge in [0, 0.05) is 16.6 Å². The number of nitrogens with zero attached hydrogens (tertiary/aromatic N) is 1. The Bertz CT molecular complexity index is 620. The first-order valence-corrected chi connectivity index (χ1v) is 9.31. The molecule has 2 rings (SSSR count). The number of esters is 1. The van der Waals surface area contributed by atoms with Gasteiger partial charge in [0.2, 0.25) is 0 Å². The summed E-state index contributed by atoms with van der Waals surface area (Å²) in [7, 11) is 1.40. The predicted octanol–water partition coefficient (Wildman–Crippen LogP) is 2.81. The molecule has 1 aliphatic rings. The Kier molecular flexibility index (Phi) is 4.93. The van der Waals surface area contributed by atoms with Crippen LogP contribution in [0, 0.1) is 5.92 Å². The lowest BCUT2D eigenvalue weighted by Crippen LogP contribution is -2.11. The maximum absolute atomic E-state index is 12.0. The largest absolute Gasteiger partial charge is 0.461 e. The first-order valence-electron chi connectivity index (χ1n) is 7.00. The van der Waals surface area contributed by atoms with Crippen LogP contribution in [0.3, 0.4) is 0 Å². The molecule has 1 N–H and O–H groups in total. The molecule has 0 bridgehead atoms. The van der Waals surface area contributed by atoms with Crippen molar-refractivity contribution in [3.05, 3.63) is 11.4 Å². The molecule has 0 aliphatic heterocycles. The van der Waals surface area contributed by atoms with E-state index in [0.717, 1.165) is 25.7 Å². The topological polar surface area (TPSA) is 89.1 Å². The second-order valence-corrected chi connectivity index (χ2v) is 8.20. The van der Waals surface area contributed by atoms with Gasteiger partial charge in [-0.25, -0.2) is 13.2 Å². The number of carbonyl (C=O) groups is 1. The minimum absolute atomic E-state index is 0.0866. The molecular weight excluding hydrogens is 316 g/mol. The van der Waals surface area contributed by atoms with Crippen LogP contribution in [-0.4, -0.2) is 31.2 Å². The van der Waals surface area contributed by atoms with Crippen LogP contribution in [0.15, 0.2) is 4.90 Å². The molecule has 0 amide bonds. The van der Waals surface area contributed by atoms with Crippen LogP contribution >= 0.6 is 10.7 Å². The van der Waals surface area contributed by atoms with Gasteiger partial charge >= 0.3 is 5.97 Å².